The van der Waals surface area contributed by atoms with Crippen LogP contribution in [0.5, 0.6) is 0 Å². The molecular weight excluding hydrogens is 204 g/mol. The summed E-state index contributed by atoms with van der Waals surface area (Å²) in [4.78, 5) is 11.3. The molecule has 0 radical (unpaired) electrons. The number of Topliss-reactive ketones (excluding diaryl/α,β-unsaturated/α-hetero) is 1. The first kappa shape index (κ1) is 10.8. The van der Waals surface area contributed by atoms with Gasteiger partial charge in [0.2, 0.25) is 0 Å². The molecule has 14 heavy (non-hydrogen) atoms. The minimum absolute atomic E-state index is 0.250. The van der Waals surface area contributed by atoms with Crippen molar-refractivity contribution < 1.29 is 13.6 Å². The van der Waals surface area contributed by atoms with Gasteiger partial charge in [0.05, 0.1) is 6.54 Å². The summed E-state index contributed by atoms with van der Waals surface area (Å²) < 4.78 is 22.2. The summed E-state index contributed by atoms with van der Waals surface area (Å²) in [6.45, 7) is -0.250. The van der Waals surface area contributed by atoms with E-state index in [-0.39, 0.29) is 12.3 Å². The second-order valence-electron chi connectivity index (χ2n) is 2.60. The number of hydrogen-bond donors (Lipinski definition) is 2. The number of nitrogen functional groups attached to an aromatic ring is 1. The average Bonchev–Trinajstić information content (AvgIpc) is 2.14. The SMILES string of the molecule is Nc1cccc(C(=O)CNS(=O)[O-])c1. The highest BCUT2D eigenvalue weighted by Crippen LogP contribution is 2.06. The first-order valence-corrected chi connectivity index (χ1v) is 4.88. The molecule has 0 aliphatic heterocycles. The summed E-state index contributed by atoms with van der Waals surface area (Å²) in [5.74, 6) is -0.318. The number of benzene rings is 1. The van der Waals surface area contributed by atoms with E-state index in [9.17, 15) is 13.6 Å². The average molecular weight is 213 g/mol. The molecule has 0 spiro atoms. The highest BCUT2D eigenvalue weighted by Gasteiger charge is 2.04. The van der Waals surface area contributed by atoms with Gasteiger partial charge in [-0.1, -0.05) is 12.1 Å². The molecule has 0 aliphatic carbocycles. The monoisotopic (exact) mass is 213 g/mol. The largest absolute Gasteiger partial charge is 0.760 e. The fourth-order valence-electron chi connectivity index (χ4n) is 0.939. The third-order valence-electron chi connectivity index (χ3n) is 1.56. The van der Waals surface area contributed by atoms with Gasteiger partial charge in [-0.2, -0.15) is 0 Å². The number of hydrogen-bond acceptors (Lipinski definition) is 4. The van der Waals surface area contributed by atoms with Crippen LogP contribution in [-0.2, 0) is 11.3 Å². The summed E-state index contributed by atoms with van der Waals surface area (Å²) in [6.07, 6.45) is 0. The molecule has 0 saturated carbocycles. The van der Waals surface area contributed by atoms with Crippen LogP contribution in [0.4, 0.5) is 5.69 Å². The predicted molar refractivity (Wildman–Crippen MR) is 52.1 cm³/mol. The van der Waals surface area contributed by atoms with Crippen molar-refractivity contribution in [2.75, 3.05) is 12.3 Å². The fraction of sp³-hybridized carbons (Fsp3) is 0.125. The van der Waals surface area contributed by atoms with Crippen LogP contribution >= 0.6 is 0 Å². The van der Waals surface area contributed by atoms with Gasteiger partial charge >= 0.3 is 0 Å². The summed E-state index contributed by atoms with van der Waals surface area (Å²) in [5.41, 5.74) is 6.32. The lowest BCUT2D eigenvalue weighted by atomic mass is 10.1. The topological polar surface area (TPSA) is 95.2 Å². The maximum atomic E-state index is 11.3. The number of anilines is 1. The third-order valence-corrected chi connectivity index (χ3v) is 1.94. The van der Waals surface area contributed by atoms with Gasteiger partial charge in [0.15, 0.2) is 5.78 Å². The van der Waals surface area contributed by atoms with Crippen molar-refractivity contribution in [2.24, 2.45) is 0 Å². The van der Waals surface area contributed by atoms with Crippen LogP contribution in [0.3, 0.4) is 0 Å². The number of rotatable bonds is 4. The van der Waals surface area contributed by atoms with Gasteiger partial charge in [-0.05, 0) is 12.1 Å². The van der Waals surface area contributed by atoms with E-state index >= 15 is 0 Å². The molecule has 0 aromatic heterocycles. The standard InChI is InChI=1S/C8H10N2O3S/c9-7-3-1-2-6(4-7)8(11)5-10-14(12)13/h1-4,10H,5,9H2,(H,12,13)/p-1. The zero-order valence-electron chi connectivity index (χ0n) is 7.23. The highest BCUT2D eigenvalue weighted by molar-refractivity contribution is 7.77. The Labute approximate surface area is 83.7 Å². The van der Waals surface area contributed by atoms with Crippen LogP contribution in [-0.4, -0.2) is 21.1 Å². The van der Waals surface area contributed by atoms with Crippen molar-refractivity contribution in [1.82, 2.24) is 4.72 Å². The Morgan fingerprint density at radius 1 is 1.57 bits per heavy atom. The first-order chi connectivity index (χ1) is 6.59. The summed E-state index contributed by atoms with van der Waals surface area (Å²) in [6, 6.07) is 6.36. The van der Waals surface area contributed by atoms with Crippen LogP contribution in [0, 0.1) is 0 Å². The van der Waals surface area contributed by atoms with Gasteiger partial charge in [-0.3, -0.25) is 9.00 Å². The van der Waals surface area contributed by atoms with Crippen LogP contribution in [0.25, 0.3) is 0 Å². The number of ketones is 1. The van der Waals surface area contributed by atoms with Crippen molar-refractivity contribution in [3.8, 4) is 0 Å². The Kier molecular flexibility index (Phi) is 3.75. The minimum atomic E-state index is -2.42. The molecule has 0 fully saturated rings. The lowest BCUT2D eigenvalue weighted by Crippen LogP contribution is -2.24. The van der Waals surface area contributed by atoms with Gasteiger partial charge in [-0.15, -0.1) is 0 Å². The molecule has 1 unspecified atom stereocenters. The number of nitrogens with two attached hydrogens (primary N) is 1. The number of carbonyl (C=O) groups is 1. The Bertz CT molecular complexity index is 367. The van der Waals surface area contributed by atoms with Crippen molar-refractivity contribution in [3.05, 3.63) is 29.8 Å². The molecular formula is C8H9N2O3S-. The number of carbonyl (C=O) groups excluding carboxylic acids is 1. The van der Waals surface area contributed by atoms with Crippen molar-refractivity contribution >= 4 is 22.7 Å². The Morgan fingerprint density at radius 3 is 2.86 bits per heavy atom. The van der Waals surface area contributed by atoms with E-state index in [1.165, 1.54) is 6.07 Å². The summed E-state index contributed by atoms with van der Waals surface area (Å²) in [5, 5.41) is 0. The fourth-order valence-corrected chi connectivity index (χ4v) is 1.19. The Balaban J connectivity index is 2.65. The molecule has 3 N–H and O–H groups in total. The lowest BCUT2D eigenvalue weighted by molar-refractivity contribution is 0.0997. The lowest BCUT2D eigenvalue weighted by Gasteiger charge is -2.06. The van der Waals surface area contributed by atoms with E-state index in [0.29, 0.717) is 11.3 Å². The van der Waals surface area contributed by atoms with Gasteiger partial charge < -0.3 is 10.3 Å². The third kappa shape index (κ3) is 3.25. The molecule has 6 heteroatoms. The maximum Gasteiger partial charge on any atom is 0.177 e. The van der Waals surface area contributed by atoms with E-state index in [2.05, 4.69) is 0 Å². The normalized spacial score (nSPS) is 12.4. The Morgan fingerprint density at radius 2 is 2.29 bits per heavy atom. The van der Waals surface area contributed by atoms with E-state index in [4.69, 9.17) is 5.73 Å². The molecule has 0 saturated heterocycles. The van der Waals surface area contributed by atoms with Gasteiger partial charge in [0.1, 0.15) is 0 Å². The second-order valence-corrected chi connectivity index (χ2v) is 3.36. The predicted octanol–water partition coefficient (Wildman–Crippen LogP) is -0.165. The summed E-state index contributed by atoms with van der Waals surface area (Å²) in [7, 11) is 0. The molecule has 0 aliphatic rings. The Hall–Kier alpha value is -1.24. The van der Waals surface area contributed by atoms with E-state index in [1.807, 2.05) is 4.72 Å². The quantitative estimate of drug-likeness (QED) is 0.412. The molecule has 1 aromatic carbocycles. The molecule has 1 rings (SSSR count). The molecule has 1 atom stereocenters. The van der Waals surface area contributed by atoms with Crippen LogP contribution < -0.4 is 10.5 Å². The molecule has 0 bridgehead atoms. The van der Waals surface area contributed by atoms with E-state index in [0.717, 1.165) is 0 Å². The molecule has 0 amide bonds. The van der Waals surface area contributed by atoms with Crippen molar-refractivity contribution in [1.29, 1.82) is 0 Å². The second kappa shape index (κ2) is 4.85. The van der Waals surface area contributed by atoms with Gasteiger partial charge in [0, 0.05) is 22.5 Å². The smallest absolute Gasteiger partial charge is 0.177 e. The molecule has 5 nitrogen and oxygen atoms in total. The van der Waals surface area contributed by atoms with Crippen LogP contribution in [0.15, 0.2) is 24.3 Å². The molecule has 76 valence electrons. The van der Waals surface area contributed by atoms with Crippen LogP contribution in [0.1, 0.15) is 10.4 Å². The number of nitrogens with one attached hydrogen (secondary N) is 1. The van der Waals surface area contributed by atoms with Crippen LogP contribution in [0.2, 0.25) is 0 Å². The zero-order valence-corrected chi connectivity index (χ0v) is 8.04. The molecule has 0 heterocycles. The van der Waals surface area contributed by atoms with Gasteiger partial charge in [-0.25, -0.2) is 4.72 Å². The summed E-state index contributed by atoms with van der Waals surface area (Å²) >= 11 is -2.42. The molecule has 1 aromatic rings. The zero-order chi connectivity index (χ0) is 10.6. The van der Waals surface area contributed by atoms with E-state index < -0.39 is 11.3 Å². The highest BCUT2D eigenvalue weighted by atomic mass is 32.2. The van der Waals surface area contributed by atoms with Crippen molar-refractivity contribution in [3.63, 3.8) is 0 Å². The first-order valence-electron chi connectivity index (χ1n) is 3.81. The maximum absolute atomic E-state index is 11.3. The minimum Gasteiger partial charge on any atom is -0.760 e. The van der Waals surface area contributed by atoms with E-state index in [1.54, 1.807) is 18.2 Å². The van der Waals surface area contributed by atoms with Gasteiger partial charge in [0.25, 0.3) is 0 Å². The van der Waals surface area contributed by atoms with Crippen molar-refractivity contribution in [2.45, 2.75) is 0 Å².